The number of nitrogens with two attached hydrogens (primary N) is 1. The van der Waals surface area contributed by atoms with Gasteiger partial charge in [0, 0.05) is 12.1 Å². The molecule has 2 aromatic rings. The van der Waals surface area contributed by atoms with E-state index in [1.807, 2.05) is 4.57 Å². The standard InChI is InChI=1S/C15H19ClFN3/c1-15(2)6-4-3-5-13(15)20-12-7-9(16)10(17)8-11(12)19-14(20)18/h7-8,13H,3-6H2,1-2H3,(H2,18,19). The lowest BCUT2D eigenvalue weighted by atomic mass is 9.73. The first-order chi connectivity index (χ1) is 9.40. The molecule has 3 nitrogen and oxygen atoms in total. The first-order valence-electron chi connectivity index (χ1n) is 7.02. The van der Waals surface area contributed by atoms with E-state index in [-0.39, 0.29) is 16.5 Å². The van der Waals surface area contributed by atoms with Crippen LogP contribution in [0.3, 0.4) is 0 Å². The van der Waals surface area contributed by atoms with Gasteiger partial charge < -0.3 is 10.3 Å². The Balaban J connectivity index is 2.20. The van der Waals surface area contributed by atoms with E-state index in [1.165, 1.54) is 18.9 Å². The molecule has 1 fully saturated rings. The number of fused-ring (bicyclic) bond motifs is 1. The van der Waals surface area contributed by atoms with Gasteiger partial charge in [-0.25, -0.2) is 9.37 Å². The van der Waals surface area contributed by atoms with Crippen LogP contribution < -0.4 is 5.73 Å². The average Bonchev–Trinajstić information content (AvgIpc) is 2.65. The number of nitrogens with zero attached hydrogens (tertiary/aromatic N) is 2. The van der Waals surface area contributed by atoms with Crippen molar-refractivity contribution in [1.29, 1.82) is 0 Å². The van der Waals surface area contributed by atoms with Gasteiger partial charge in [-0.2, -0.15) is 0 Å². The summed E-state index contributed by atoms with van der Waals surface area (Å²) in [6.45, 7) is 4.51. The maximum Gasteiger partial charge on any atom is 0.201 e. The second-order valence-corrected chi connectivity index (χ2v) is 6.75. The second-order valence-electron chi connectivity index (χ2n) is 6.35. The van der Waals surface area contributed by atoms with Gasteiger partial charge in [0.2, 0.25) is 5.95 Å². The zero-order chi connectivity index (χ0) is 14.5. The Morgan fingerprint density at radius 3 is 2.85 bits per heavy atom. The molecule has 108 valence electrons. The minimum absolute atomic E-state index is 0.118. The fraction of sp³-hybridized carbons (Fsp3) is 0.533. The van der Waals surface area contributed by atoms with Crippen LogP contribution in [0.1, 0.15) is 45.6 Å². The number of hydrogen-bond donors (Lipinski definition) is 1. The highest BCUT2D eigenvalue weighted by Gasteiger charge is 2.35. The molecule has 1 atom stereocenters. The summed E-state index contributed by atoms with van der Waals surface area (Å²) >= 11 is 5.92. The van der Waals surface area contributed by atoms with E-state index >= 15 is 0 Å². The molecule has 1 aromatic heterocycles. The van der Waals surface area contributed by atoms with Crippen molar-refractivity contribution in [3.8, 4) is 0 Å². The Morgan fingerprint density at radius 2 is 2.15 bits per heavy atom. The van der Waals surface area contributed by atoms with Crippen LogP contribution in [0.25, 0.3) is 11.0 Å². The lowest BCUT2D eigenvalue weighted by molar-refractivity contribution is 0.149. The molecule has 0 bridgehead atoms. The molecule has 1 saturated carbocycles. The minimum Gasteiger partial charge on any atom is -0.369 e. The number of aromatic nitrogens is 2. The second kappa shape index (κ2) is 4.62. The van der Waals surface area contributed by atoms with Crippen molar-refractivity contribution >= 4 is 28.6 Å². The quantitative estimate of drug-likeness (QED) is 0.838. The third-order valence-corrected chi connectivity index (χ3v) is 4.81. The van der Waals surface area contributed by atoms with E-state index in [0.29, 0.717) is 11.5 Å². The van der Waals surface area contributed by atoms with Crippen molar-refractivity contribution in [3.63, 3.8) is 0 Å². The molecule has 1 aliphatic rings. The molecule has 20 heavy (non-hydrogen) atoms. The van der Waals surface area contributed by atoms with E-state index in [9.17, 15) is 4.39 Å². The molecule has 0 radical (unpaired) electrons. The van der Waals surface area contributed by atoms with E-state index in [4.69, 9.17) is 17.3 Å². The average molecular weight is 296 g/mol. The summed E-state index contributed by atoms with van der Waals surface area (Å²) in [6, 6.07) is 3.28. The van der Waals surface area contributed by atoms with Crippen molar-refractivity contribution in [1.82, 2.24) is 9.55 Å². The summed E-state index contributed by atoms with van der Waals surface area (Å²) in [5.74, 6) is -0.00615. The molecule has 0 aliphatic heterocycles. The van der Waals surface area contributed by atoms with Gasteiger partial charge >= 0.3 is 0 Å². The zero-order valence-corrected chi connectivity index (χ0v) is 12.5. The predicted molar refractivity (Wildman–Crippen MR) is 80.4 cm³/mol. The number of benzene rings is 1. The fourth-order valence-corrected chi connectivity index (χ4v) is 3.55. The van der Waals surface area contributed by atoms with Gasteiger partial charge in [-0.05, 0) is 24.3 Å². The molecular formula is C15H19ClFN3. The Labute approximate surface area is 122 Å². The Kier molecular flexibility index (Phi) is 3.16. The largest absolute Gasteiger partial charge is 0.369 e. The molecule has 3 rings (SSSR count). The Morgan fingerprint density at radius 1 is 1.40 bits per heavy atom. The molecule has 1 unspecified atom stereocenters. The van der Waals surface area contributed by atoms with Gasteiger partial charge in [0.05, 0.1) is 16.1 Å². The van der Waals surface area contributed by atoms with Crippen molar-refractivity contribution in [2.45, 2.75) is 45.6 Å². The zero-order valence-electron chi connectivity index (χ0n) is 11.8. The van der Waals surface area contributed by atoms with Gasteiger partial charge in [0.1, 0.15) is 5.82 Å². The predicted octanol–water partition coefficient (Wildman–Crippen LogP) is 4.55. The summed E-state index contributed by atoms with van der Waals surface area (Å²) in [7, 11) is 0. The lowest BCUT2D eigenvalue weighted by Crippen LogP contribution is -2.31. The summed E-state index contributed by atoms with van der Waals surface area (Å²) in [4.78, 5) is 4.30. The van der Waals surface area contributed by atoms with Crippen LogP contribution in [0.5, 0.6) is 0 Å². The van der Waals surface area contributed by atoms with Crippen LogP contribution >= 0.6 is 11.6 Å². The number of nitrogen functional groups attached to an aromatic ring is 1. The highest BCUT2D eigenvalue weighted by atomic mass is 35.5. The molecule has 2 N–H and O–H groups in total. The number of anilines is 1. The fourth-order valence-electron chi connectivity index (χ4n) is 3.39. The summed E-state index contributed by atoms with van der Waals surface area (Å²) in [5, 5.41) is 0.118. The Hall–Kier alpha value is -1.29. The Bertz CT molecular complexity index is 663. The van der Waals surface area contributed by atoms with Crippen LogP contribution in [-0.4, -0.2) is 9.55 Å². The topological polar surface area (TPSA) is 43.8 Å². The van der Waals surface area contributed by atoms with Crippen LogP contribution in [0, 0.1) is 11.2 Å². The third kappa shape index (κ3) is 2.06. The van der Waals surface area contributed by atoms with E-state index in [2.05, 4.69) is 18.8 Å². The van der Waals surface area contributed by atoms with Crippen LogP contribution in [0.4, 0.5) is 10.3 Å². The van der Waals surface area contributed by atoms with Gasteiger partial charge in [0.25, 0.3) is 0 Å². The monoisotopic (exact) mass is 295 g/mol. The van der Waals surface area contributed by atoms with Crippen LogP contribution in [-0.2, 0) is 0 Å². The van der Waals surface area contributed by atoms with Gasteiger partial charge in [-0.3, -0.25) is 0 Å². The van der Waals surface area contributed by atoms with Gasteiger partial charge in [-0.15, -0.1) is 0 Å². The van der Waals surface area contributed by atoms with Crippen molar-refractivity contribution in [2.24, 2.45) is 5.41 Å². The maximum atomic E-state index is 13.6. The highest BCUT2D eigenvalue weighted by Crippen LogP contribution is 2.46. The highest BCUT2D eigenvalue weighted by molar-refractivity contribution is 6.31. The summed E-state index contributed by atoms with van der Waals surface area (Å²) in [5.41, 5.74) is 7.65. The summed E-state index contributed by atoms with van der Waals surface area (Å²) < 4.78 is 15.6. The maximum absolute atomic E-state index is 13.6. The molecule has 0 saturated heterocycles. The minimum atomic E-state index is -0.452. The van der Waals surface area contributed by atoms with Gasteiger partial charge in [-0.1, -0.05) is 38.3 Å². The summed E-state index contributed by atoms with van der Waals surface area (Å²) in [6.07, 6.45) is 4.65. The molecule has 0 spiro atoms. The first-order valence-corrected chi connectivity index (χ1v) is 7.40. The SMILES string of the molecule is CC1(C)CCCCC1n1c(N)nc2cc(F)c(Cl)cc21. The van der Waals surface area contributed by atoms with E-state index in [0.717, 1.165) is 18.4 Å². The number of hydrogen-bond acceptors (Lipinski definition) is 2. The van der Waals surface area contributed by atoms with Gasteiger partial charge in [0.15, 0.2) is 0 Å². The molecule has 5 heteroatoms. The molecule has 1 aromatic carbocycles. The van der Waals surface area contributed by atoms with Crippen LogP contribution in [0.15, 0.2) is 12.1 Å². The third-order valence-electron chi connectivity index (χ3n) is 4.52. The molecular weight excluding hydrogens is 277 g/mol. The molecule has 1 aliphatic carbocycles. The van der Waals surface area contributed by atoms with Crippen molar-refractivity contribution in [2.75, 3.05) is 5.73 Å². The van der Waals surface area contributed by atoms with Crippen molar-refractivity contribution < 1.29 is 4.39 Å². The first kappa shape index (κ1) is 13.7. The number of halogens is 2. The smallest absolute Gasteiger partial charge is 0.201 e. The normalized spacial score (nSPS) is 22.3. The number of rotatable bonds is 1. The van der Waals surface area contributed by atoms with Crippen LogP contribution in [0.2, 0.25) is 5.02 Å². The van der Waals surface area contributed by atoms with Crippen molar-refractivity contribution in [3.05, 3.63) is 23.0 Å². The number of imidazole rings is 1. The lowest BCUT2D eigenvalue weighted by Gasteiger charge is -2.40. The van der Waals surface area contributed by atoms with E-state index in [1.54, 1.807) is 6.07 Å². The molecule has 0 amide bonds. The van der Waals surface area contributed by atoms with E-state index < -0.39 is 5.82 Å². The molecule has 1 heterocycles.